The molecular formula is C6H11N3S. The van der Waals surface area contributed by atoms with Crippen LogP contribution in [0.2, 0.25) is 0 Å². The minimum atomic E-state index is 0.561. The van der Waals surface area contributed by atoms with Crippen molar-refractivity contribution in [3.63, 3.8) is 0 Å². The summed E-state index contributed by atoms with van der Waals surface area (Å²) in [4.78, 5) is 6.67. The largest absolute Gasteiger partial charge is 0.345 e. The molecule has 4 heteroatoms. The summed E-state index contributed by atoms with van der Waals surface area (Å²) in [5, 5.41) is 1.22. The van der Waals surface area contributed by atoms with E-state index in [1.807, 2.05) is 11.8 Å². The zero-order valence-corrected chi connectivity index (χ0v) is 6.60. The minimum absolute atomic E-state index is 0.561. The molecule has 3 nitrogen and oxygen atoms in total. The fourth-order valence-corrected chi connectivity index (χ4v) is 2.61. The Labute approximate surface area is 64.7 Å². The third kappa shape index (κ3) is 0.828. The molecule has 0 aromatic carbocycles. The second-order valence-electron chi connectivity index (χ2n) is 2.56. The average Bonchev–Trinajstić information content (AvgIpc) is 2.44. The van der Waals surface area contributed by atoms with E-state index in [-0.39, 0.29) is 0 Å². The van der Waals surface area contributed by atoms with Gasteiger partial charge in [-0.2, -0.15) is 0 Å². The van der Waals surface area contributed by atoms with E-state index in [2.05, 4.69) is 9.89 Å². The SMILES string of the molecule is NCC1CSC2=NCCN21. The average molecular weight is 157 g/mol. The van der Waals surface area contributed by atoms with Gasteiger partial charge >= 0.3 is 0 Å². The number of amidine groups is 1. The summed E-state index contributed by atoms with van der Waals surface area (Å²) in [6.07, 6.45) is 0. The van der Waals surface area contributed by atoms with Crippen LogP contribution in [-0.4, -0.2) is 41.5 Å². The van der Waals surface area contributed by atoms with Gasteiger partial charge in [0.25, 0.3) is 0 Å². The Bertz CT molecular complexity index is 168. The molecule has 2 aliphatic rings. The van der Waals surface area contributed by atoms with Crippen LogP contribution in [0.4, 0.5) is 0 Å². The van der Waals surface area contributed by atoms with E-state index >= 15 is 0 Å². The van der Waals surface area contributed by atoms with E-state index in [1.165, 1.54) is 5.17 Å². The summed E-state index contributed by atoms with van der Waals surface area (Å²) in [7, 11) is 0. The third-order valence-electron chi connectivity index (χ3n) is 1.95. The molecule has 2 heterocycles. The van der Waals surface area contributed by atoms with Crippen molar-refractivity contribution in [1.82, 2.24) is 4.90 Å². The van der Waals surface area contributed by atoms with E-state index in [0.717, 1.165) is 25.4 Å². The molecule has 0 aromatic heterocycles. The smallest absolute Gasteiger partial charge is 0.159 e. The van der Waals surface area contributed by atoms with Crippen molar-refractivity contribution < 1.29 is 0 Å². The Morgan fingerprint density at radius 2 is 2.70 bits per heavy atom. The molecule has 56 valence electrons. The van der Waals surface area contributed by atoms with Gasteiger partial charge in [-0.1, -0.05) is 11.8 Å². The van der Waals surface area contributed by atoms with Crippen LogP contribution in [0.5, 0.6) is 0 Å². The Morgan fingerprint density at radius 3 is 3.50 bits per heavy atom. The molecule has 2 rings (SSSR count). The van der Waals surface area contributed by atoms with Crippen LogP contribution in [0.1, 0.15) is 0 Å². The third-order valence-corrected chi connectivity index (χ3v) is 3.12. The molecular weight excluding hydrogens is 146 g/mol. The lowest BCUT2D eigenvalue weighted by atomic mass is 10.3. The fourth-order valence-electron chi connectivity index (χ4n) is 1.36. The highest BCUT2D eigenvalue weighted by molar-refractivity contribution is 8.14. The second-order valence-corrected chi connectivity index (χ2v) is 3.55. The molecule has 1 fully saturated rings. The van der Waals surface area contributed by atoms with Crippen molar-refractivity contribution >= 4 is 16.9 Å². The van der Waals surface area contributed by atoms with Gasteiger partial charge < -0.3 is 10.6 Å². The summed E-state index contributed by atoms with van der Waals surface area (Å²) in [6.45, 7) is 2.83. The molecule has 2 N–H and O–H groups in total. The zero-order valence-electron chi connectivity index (χ0n) is 5.79. The highest BCUT2D eigenvalue weighted by Gasteiger charge is 2.31. The van der Waals surface area contributed by atoms with Gasteiger partial charge in [0.15, 0.2) is 5.17 Å². The number of rotatable bonds is 1. The van der Waals surface area contributed by atoms with Gasteiger partial charge in [0.05, 0.1) is 12.6 Å². The molecule has 0 aliphatic carbocycles. The summed E-state index contributed by atoms with van der Waals surface area (Å²) in [5.41, 5.74) is 5.58. The Kier molecular flexibility index (Phi) is 1.58. The van der Waals surface area contributed by atoms with Crippen LogP contribution in [0.25, 0.3) is 0 Å². The first-order valence-electron chi connectivity index (χ1n) is 3.56. The molecule has 1 atom stereocenters. The maximum absolute atomic E-state index is 5.58. The summed E-state index contributed by atoms with van der Waals surface area (Å²) in [5.74, 6) is 1.13. The van der Waals surface area contributed by atoms with Crippen LogP contribution in [0, 0.1) is 0 Å². The van der Waals surface area contributed by atoms with Crippen LogP contribution in [0.3, 0.4) is 0 Å². The number of nitrogens with two attached hydrogens (primary N) is 1. The quantitative estimate of drug-likeness (QED) is 0.570. The first kappa shape index (κ1) is 6.49. The number of fused-ring (bicyclic) bond motifs is 1. The van der Waals surface area contributed by atoms with Gasteiger partial charge in [0, 0.05) is 18.8 Å². The van der Waals surface area contributed by atoms with Gasteiger partial charge in [-0.15, -0.1) is 0 Å². The normalized spacial score (nSPS) is 30.7. The van der Waals surface area contributed by atoms with Crippen molar-refractivity contribution in [2.75, 3.05) is 25.4 Å². The Hall–Kier alpha value is -0.220. The van der Waals surface area contributed by atoms with Crippen LogP contribution < -0.4 is 5.73 Å². The minimum Gasteiger partial charge on any atom is -0.345 e. The number of hydrogen-bond donors (Lipinski definition) is 1. The van der Waals surface area contributed by atoms with Gasteiger partial charge in [0.2, 0.25) is 0 Å². The van der Waals surface area contributed by atoms with E-state index in [0.29, 0.717) is 6.04 Å². The van der Waals surface area contributed by atoms with Gasteiger partial charge in [0.1, 0.15) is 0 Å². The lowest BCUT2D eigenvalue weighted by molar-refractivity contribution is 0.383. The molecule has 2 aliphatic heterocycles. The van der Waals surface area contributed by atoms with Crippen molar-refractivity contribution in [3.8, 4) is 0 Å². The monoisotopic (exact) mass is 157 g/mol. The molecule has 0 radical (unpaired) electrons. The lowest BCUT2D eigenvalue weighted by Gasteiger charge is -2.18. The Morgan fingerprint density at radius 1 is 1.80 bits per heavy atom. The first-order chi connectivity index (χ1) is 4.92. The number of aliphatic imine (C=N–C) groups is 1. The Balaban J connectivity index is 2.11. The molecule has 10 heavy (non-hydrogen) atoms. The molecule has 0 aromatic rings. The van der Waals surface area contributed by atoms with Crippen LogP contribution in [-0.2, 0) is 0 Å². The van der Waals surface area contributed by atoms with Crippen molar-refractivity contribution in [2.24, 2.45) is 10.7 Å². The number of nitrogens with zero attached hydrogens (tertiary/aromatic N) is 2. The van der Waals surface area contributed by atoms with E-state index < -0.39 is 0 Å². The highest BCUT2D eigenvalue weighted by Crippen LogP contribution is 2.25. The molecule has 1 saturated heterocycles. The molecule has 0 spiro atoms. The first-order valence-corrected chi connectivity index (χ1v) is 4.54. The maximum atomic E-state index is 5.58. The molecule has 0 saturated carbocycles. The fraction of sp³-hybridized carbons (Fsp3) is 0.833. The lowest BCUT2D eigenvalue weighted by Crippen LogP contribution is -2.37. The molecule has 1 unspecified atom stereocenters. The van der Waals surface area contributed by atoms with Gasteiger partial charge in [-0.25, -0.2) is 0 Å². The van der Waals surface area contributed by atoms with Crippen LogP contribution in [0.15, 0.2) is 4.99 Å². The van der Waals surface area contributed by atoms with E-state index in [4.69, 9.17) is 5.73 Å². The van der Waals surface area contributed by atoms with Crippen molar-refractivity contribution in [2.45, 2.75) is 6.04 Å². The molecule has 0 amide bonds. The highest BCUT2D eigenvalue weighted by atomic mass is 32.2. The summed E-state index contributed by atoms with van der Waals surface area (Å²) < 4.78 is 0. The summed E-state index contributed by atoms with van der Waals surface area (Å²) in [6, 6.07) is 0.561. The molecule has 0 bridgehead atoms. The van der Waals surface area contributed by atoms with Crippen molar-refractivity contribution in [3.05, 3.63) is 0 Å². The van der Waals surface area contributed by atoms with E-state index in [9.17, 15) is 0 Å². The number of thioether (sulfide) groups is 1. The number of hydrogen-bond acceptors (Lipinski definition) is 4. The van der Waals surface area contributed by atoms with Crippen LogP contribution >= 0.6 is 11.8 Å². The summed E-state index contributed by atoms with van der Waals surface area (Å²) >= 11 is 1.84. The van der Waals surface area contributed by atoms with Crippen molar-refractivity contribution in [1.29, 1.82) is 0 Å². The van der Waals surface area contributed by atoms with E-state index in [1.54, 1.807) is 0 Å². The topological polar surface area (TPSA) is 41.6 Å². The standard InChI is InChI=1S/C6H11N3S/c7-3-5-4-10-6-8-1-2-9(5)6/h5H,1-4,7H2. The van der Waals surface area contributed by atoms with Gasteiger partial charge in [-0.3, -0.25) is 4.99 Å². The predicted molar refractivity (Wildman–Crippen MR) is 44.3 cm³/mol. The second kappa shape index (κ2) is 2.43. The van der Waals surface area contributed by atoms with Gasteiger partial charge in [-0.05, 0) is 0 Å². The zero-order chi connectivity index (χ0) is 6.97. The predicted octanol–water partition coefficient (Wildman–Crippen LogP) is -0.268. The maximum Gasteiger partial charge on any atom is 0.159 e.